The van der Waals surface area contributed by atoms with Crippen LogP contribution in [0.15, 0.2) is 23.4 Å². The van der Waals surface area contributed by atoms with Crippen molar-refractivity contribution in [1.29, 1.82) is 0 Å². The normalized spacial score (nSPS) is 17.4. The van der Waals surface area contributed by atoms with Crippen molar-refractivity contribution < 1.29 is 8.42 Å². The van der Waals surface area contributed by atoms with Crippen LogP contribution < -0.4 is 10.0 Å². The van der Waals surface area contributed by atoms with Crippen LogP contribution in [-0.2, 0) is 16.6 Å². The predicted octanol–water partition coefficient (Wildman–Crippen LogP) is 2.05. The highest BCUT2D eigenvalue weighted by molar-refractivity contribution is 7.89. The van der Waals surface area contributed by atoms with Crippen molar-refractivity contribution in [3.05, 3.63) is 23.9 Å². The summed E-state index contributed by atoms with van der Waals surface area (Å²) in [5, 5.41) is 3.37. The van der Waals surface area contributed by atoms with Gasteiger partial charge in [-0.1, -0.05) is 19.4 Å². The van der Waals surface area contributed by atoms with Gasteiger partial charge in [0.25, 0.3) is 10.0 Å². The van der Waals surface area contributed by atoms with Crippen molar-refractivity contribution in [1.82, 2.24) is 15.0 Å². The number of nitrogens with one attached hydrogen (secondary N) is 2. The van der Waals surface area contributed by atoms with Crippen LogP contribution in [0.25, 0.3) is 0 Å². The fraction of sp³-hybridized carbons (Fsp3) is 0.667. The lowest BCUT2D eigenvalue weighted by atomic mass is 9.81. The van der Waals surface area contributed by atoms with Crippen LogP contribution in [0.2, 0.25) is 0 Å². The summed E-state index contributed by atoms with van der Waals surface area (Å²) in [6.07, 6.45) is 6.13. The number of hydrogen-bond acceptors (Lipinski definition) is 4. The Bertz CT molecular complexity index is 539. The second kappa shape index (κ2) is 7.33. The standard InChI is InChI=1S/C15H25N3O2S/c1-3-9-16-10-13-7-8-15(17-11-13)21(19,20)18-12(2)14-5-4-6-14/h7-8,11-12,14,16,18H,3-6,9-10H2,1-2H3. The molecule has 1 aromatic rings. The summed E-state index contributed by atoms with van der Waals surface area (Å²) < 4.78 is 27.3. The van der Waals surface area contributed by atoms with E-state index < -0.39 is 10.0 Å². The molecule has 21 heavy (non-hydrogen) atoms. The van der Waals surface area contributed by atoms with Crippen LogP contribution in [0.5, 0.6) is 0 Å². The van der Waals surface area contributed by atoms with Gasteiger partial charge in [-0.25, -0.2) is 18.1 Å². The van der Waals surface area contributed by atoms with E-state index in [1.807, 2.05) is 13.0 Å². The third kappa shape index (κ3) is 4.49. The minimum absolute atomic E-state index is 0.0172. The van der Waals surface area contributed by atoms with E-state index in [1.54, 1.807) is 12.3 Å². The maximum absolute atomic E-state index is 12.3. The number of nitrogens with zero attached hydrogens (tertiary/aromatic N) is 1. The molecule has 0 saturated heterocycles. The molecule has 1 fully saturated rings. The van der Waals surface area contributed by atoms with Gasteiger partial charge in [-0.3, -0.25) is 0 Å². The highest BCUT2D eigenvalue weighted by atomic mass is 32.2. The van der Waals surface area contributed by atoms with E-state index in [2.05, 4.69) is 21.9 Å². The van der Waals surface area contributed by atoms with E-state index in [1.165, 1.54) is 6.42 Å². The van der Waals surface area contributed by atoms with Gasteiger partial charge in [0.2, 0.25) is 0 Å². The van der Waals surface area contributed by atoms with Gasteiger partial charge < -0.3 is 5.32 Å². The molecule has 1 atom stereocenters. The maximum Gasteiger partial charge on any atom is 0.258 e. The van der Waals surface area contributed by atoms with E-state index in [9.17, 15) is 8.42 Å². The van der Waals surface area contributed by atoms with Crippen molar-refractivity contribution in [2.75, 3.05) is 6.54 Å². The second-order valence-corrected chi connectivity index (χ2v) is 7.44. The smallest absolute Gasteiger partial charge is 0.258 e. The van der Waals surface area contributed by atoms with Crippen molar-refractivity contribution in [2.45, 2.75) is 57.1 Å². The fourth-order valence-electron chi connectivity index (χ4n) is 2.43. The second-order valence-electron chi connectivity index (χ2n) is 5.78. The average molecular weight is 311 g/mol. The third-order valence-electron chi connectivity index (χ3n) is 4.03. The Hall–Kier alpha value is -0.980. The molecule has 0 bridgehead atoms. The number of pyridine rings is 1. The largest absolute Gasteiger partial charge is 0.313 e. The molecule has 0 aliphatic heterocycles. The number of aromatic nitrogens is 1. The molecule has 1 unspecified atom stereocenters. The SMILES string of the molecule is CCCNCc1ccc(S(=O)(=O)NC(C)C2CCC2)nc1. The minimum atomic E-state index is -3.50. The molecule has 1 aromatic heterocycles. The Balaban J connectivity index is 1.95. The van der Waals surface area contributed by atoms with Gasteiger partial charge in [-0.05, 0) is 50.3 Å². The predicted molar refractivity (Wildman–Crippen MR) is 83.4 cm³/mol. The molecule has 2 rings (SSSR count). The van der Waals surface area contributed by atoms with Crippen molar-refractivity contribution >= 4 is 10.0 Å². The summed E-state index contributed by atoms with van der Waals surface area (Å²) >= 11 is 0. The van der Waals surface area contributed by atoms with Crippen LogP contribution in [-0.4, -0.2) is 26.0 Å². The zero-order chi connectivity index (χ0) is 15.3. The average Bonchev–Trinajstić information content (AvgIpc) is 2.37. The maximum atomic E-state index is 12.3. The first-order valence-corrected chi connectivity index (χ1v) is 9.19. The molecular weight excluding hydrogens is 286 g/mol. The quantitative estimate of drug-likeness (QED) is 0.721. The molecule has 6 heteroatoms. The molecule has 118 valence electrons. The molecule has 0 radical (unpaired) electrons. The first-order chi connectivity index (χ1) is 10.0. The lowest BCUT2D eigenvalue weighted by Gasteiger charge is -2.31. The summed E-state index contributed by atoms with van der Waals surface area (Å²) in [5.41, 5.74) is 0.995. The summed E-state index contributed by atoms with van der Waals surface area (Å²) in [7, 11) is -3.50. The molecule has 1 aliphatic carbocycles. The zero-order valence-electron chi connectivity index (χ0n) is 12.8. The van der Waals surface area contributed by atoms with Gasteiger partial charge in [-0.2, -0.15) is 0 Å². The Morgan fingerprint density at radius 1 is 1.38 bits per heavy atom. The van der Waals surface area contributed by atoms with E-state index in [0.717, 1.165) is 31.4 Å². The number of hydrogen-bond donors (Lipinski definition) is 2. The lowest BCUT2D eigenvalue weighted by molar-refractivity contribution is 0.260. The van der Waals surface area contributed by atoms with Gasteiger partial charge in [0.05, 0.1) is 0 Å². The molecule has 0 spiro atoms. The summed E-state index contributed by atoms with van der Waals surface area (Å²) in [6.45, 7) is 5.70. The molecule has 0 amide bonds. The Morgan fingerprint density at radius 3 is 2.67 bits per heavy atom. The summed E-state index contributed by atoms with van der Waals surface area (Å²) in [4.78, 5) is 4.09. The van der Waals surface area contributed by atoms with Gasteiger partial charge in [0, 0.05) is 18.8 Å². The first-order valence-electron chi connectivity index (χ1n) is 7.71. The Kier molecular flexibility index (Phi) is 5.72. The molecule has 1 aliphatic rings. The topological polar surface area (TPSA) is 71.1 Å². The van der Waals surface area contributed by atoms with Crippen molar-refractivity contribution in [3.63, 3.8) is 0 Å². The Labute approximate surface area is 127 Å². The fourth-order valence-corrected chi connectivity index (χ4v) is 3.67. The Morgan fingerprint density at radius 2 is 2.14 bits per heavy atom. The van der Waals surface area contributed by atoms with Crippen molar-refractivity contribution in [3.8, 4) is 0 Å². The van der Waals surface area contributed by atoms with Crippen LogP contribution in [0.4, 0.5) is 0 Å². The van der Waals surface area contributed by atoms with Crippen LogP contribution in [0.3, 0.4) is 0 Å². The van der Waals surface area contributed by atoms with E-state index in [0.29, 0.717) is 12.5 Å². The monoisotopic (exact) mass is 311 g/mol. The molecule has 5 nitrogen and oxygen atoms in total. The van der Waals surface area contributed by atoms with Crippen LogP contribution >= 0.6 is 0 Å². The zero-order valence-corrected chi connectivity index (χ0v) is 13.6. The van der Waals surface area contributed by atoms with Crippen LogP contribution in [0, 0.1) is 5.92 Å². The van der Waals surface area contributed by atoms with Crippen LogP contribution in [0.1, 0.15) is 45.1 Å². The minimum Gasteiger partial charge on any atom is -0.313 e. The highest BCUT2D eigenvalue weighted by Crippen LogP contribution is 2.29. The van der Waals surface area contributed by atoms with Gasteiger partial charge in [0.1, 0.15) is 0 Å². The lowest BCUT2D eigenvalue weighted by Crippen LogP contribution is -2.40. The highest BCUT2D eigenvalue weighted by Gasteiger charge is 2.28. The number of rotatable bonds is 8. The number of sulfonamides is 1. The molecular formula is C15H25N3O2S. The summed E-state index contributed by atoms with van der Waals surface area (Å²) in [6, 6.07) is 3.38. The van der Waals surface area contributed by atoms with Crippen molar-refractivity contribution in [2.24, 2.45) is 5.92 Å². The molecule has 2 N–H and O–H groups in total. The molecule has 0 aromatic carbocycles. The molecule has 1 heterocycles. The van der Waals surface area contributed by atoms with Gasteiger partial charge in [-0.15, -0.1) is 0 Å². The van der Waals surface area contributed by atoms with Gasteiger partial charge >= 0.3 is 0 Å². The van der Waals surface area contributed by atoms with Gasteiger partial charge in [0.15, 0.2) is 5.03 Å². The van der Waals surface area contributed by atoms with E-state index in [4.69, 9.17) is 0 Å². The first kappa shape index (κ1) is 16.4. The van der Waals surface area contributed by atoms with E-state index in [-0.39, 0.29) is 11.1 Å². The summed E-state index contributed by atoms with van der Waals surface area (Å²) in [5.74, 6) is 0.470. The van der Waals surface area contributed by atoms with E-state index >= 15 is 0 Å². The third-order valence-corrected chi connectivity index (χ3v) is 5.50. The molecule has 1 saturated carbocycles.